The molecule has 0 amide bonds. The normalized spacial score (nSPS) is 15.7. The SMILES string of the molecule is CC1(C)c2ccccc2-c2cccc(-c3ccccc3N(c3ccc4c(c3)C(C)(c3ccccc3)c3ccccc3-4)c3c(-c4ccccc4)ccc4ccccc34)c21. The fourth-order valence-corrected chi connectivity index (χ4v) is 10.4. The van der Waals surface area contributed by atoms with Crippen LogP contribution < -0.4 is 4.90 Å². The summed E-state index contributed by atoms with van der Waals surface area (Å²) < 4.78 is 0. The number of anilines is 3. The zero-order valence-corrected chi connectivity index (χ0v) is 33.1. The lowest BCUT2D eigenvalue weighted by molar-refractivity contribution is 0.662. The van der Waals surface area contributed by atoms with E-state index in [1.54, 1.807) is 0 Å². The number of hydrogen-bond acceptors (Lipinski definition) is 1. The Bertz CT molecular complexity index is 3050. The minimum absolute atomic E-state index is 0.175. The van der Waals surface area contributed by atoms with Crippen molar-refractivity contribution in [2.75, 3.05) is 4.90 Å². The van der Waals surface area contributed by atoms with Crippen LogP contribution in [0.15, 0.2) is 206 Å². The van der Waals surface area contributed by atoms with E-state index < -0.39 is 0 Å². The zero-order valence-electron chi connectivity index (χ0n) is 33.1. The maximum Gasteiger partial charge on any atom is 0.0618 e. The molecule has 9 aromatic carbocycles. The van der Waals surface area contributed by atoms with Crippen molar-refractivity contribution in [1.82, 2.24) is 0 Å². The van der Waals surface area contributed by atoms with Crippen LogP contribution in [-0.4, -0.2) is 0 Å². The summed E-state index contributed by atoms with van der Waals surface area (Å²) in [7, 11) is 0. The Labute approximate surface area is 341 Å². The summed E-state index contributed by atoms with van der Waals surface area (Å²) in [5.41, 5.74) is 19.7. The highest BCUT2D eigenvalue weighted by atomic mass is 15.1. The fraction of sp³-hybridized carbons (Fsp3) is 0.0877. The van der Waals surface area contributed by atoms with Gasteiger partial charge in [-0.3, -0.25) is 0 Å². The van der Waals surface area contributed by atoms with Crippen LogP contribution in [0, 0.1) is 0 Å². The molecular weight excluding hydrogens is 699 g/mol. The number of hydrogen-bond donors (Lipinski definition) is 0. The van der Waals surface area contributed by atoms with Crippen molar-refractivity contribution in [3.05, 3.63) is 234 Å². The Morgan fingerprint density at radius 2 is 0.931 bits per heavy atom. The maximum atomic E-state index is 2.57. The van der Waals surface area contributed by atoms with Gasteiger partial charge in [0.05, 0.1) is 11.4 Å². The van der Waals surface area contributed by atoms with E-state index in [1.807, 2.05) is 0 Å². The van der Waals surface area contributed by atoms with E-state index >= 15 is 0 Å². The molecule has 2 aliphatic rings. The lowest BCUT2D eigenvalue weighted by Gasteiger charge is -2.34. The second kappa shape index (κ2) is 13.0. The highest BCUT2D eigenvalue weighted by Crippen LogP contribution is 2.57. The molecule has 0 radical (unpaired) electrons. The Morgan fingerprint density at radius 1 is 0.379 bits per heavy atom. The van der Waals surface area contributed by atoms with Gasteiger partial charge in [-0.25, -0.2) is 0 Å². The van der Waals surface area contributed by atoms with E-state index in [0.717, 1.165) is 11.4 Å². The van der Waals surface area contributed by atoms with Crippen molar-refractivity contribution in [2.24, 2.45) is 0 Å². The molecule has 0 saturated heterocycles. The highest BCUT2D eigenvalue weighted by molar-refractivity contribution is 6.08. The van der Waals surface area contributed by atoms with Gasteiger partial charge in [-0.1, -0.05) is 202 Å². The smallest absolute Gasteiger partial charge is 0.0618 e. The highest BCUT2D eigenvalue weighted by Gasteiger charge is 2.42. The summed E-state index contributed by atoms with van der Waals surface area (Å²) in [5.74, 6) is 0. The Morgan fingerprint density at radius 3 is 1.71 bits per heavy atom. The van der Waals surface area contributed by atoms with Gasteiger partial charge in [-0.15, -0.1) is 0 Å². The number of fused-ring (bicyclic) bond motifs is 7. The average Bonchev–Trinajstić information content (AvgIpc) is 3.68. The molecule has 1 atom stereocenters. The van der Waals surface area contributed by atoms with Crippen molar-refractivity contribution >= 4 is 27.8 Å². The third kappa shape index (κ3) is 4.96. The Balaban J connectivity index is 1.23. The first-order chi connectivity index (χ1) is 28.4. The standard InChI is InChI=1S/C57H43N/c1-56(2)50-30-15-12-26-45(50)48-28-18-29-49(54(48)56)47-27-14-17-32-53(47)58(55-42-24-11-10-21-39(42)33-35-43(55)38-19-6-4-7-20-38)41-34-36-46-44-25-13-16-31-51(44)57(3,52(46)37-41)40-22-8-5-9-23-40/h4-37H,1-3H3. The topological polar surface area (TPSA) is 3.24 Å². The summed E-state index contributed by atoms with van der Waals surface area (Å²) in [6, 6.07) is 76.6. The molecular formula is C57H43N. The summed E-state index contributed by atoms with van der Waals surface area (Å²) in [4.78, 5) is 2.57. The summed E-state index contributed by atoms with van der Waals surface area (Å²) >= 11 is 0. The van der Waals surface area contributed by atoms with Gasteiger partial charge >= 0.3 is 0 Å². The number of nitrogens with zero attached hydrogens (tertiary/aromatic N) is 1. The van der Waals surface area contributed by atoms with Crippen LogP contribution in [0.5, 0.6) is 0 Å². The van der Waals surface area contributed by atoms with Crippen LogP contribution in [0.3, 0.4) is 0 Å². The van der Waals surface area contributed by atoms with Gasteiger partial charge in [0.1, 0.15) is 0 Å². The predicted octanol–water partition coefficient (Wildman–Crippen LogP) is 15.3. The maximum absolute atomic E-state index is 2.57. The predicted molar refractivity (Wildman–Crippen MR) is 245 cm³/mol. The largest absolute Gasteiger partial charge is 0.309 e. The molecule has 1 unspecified atom stereocenters. The first-order valence-corrected chi connectivity index (χ1v) is 20.4. The van der Waals surface area contributed by atoms with Crippen LogP contribution in [-0.2, 0) is 10.8 Å². The zero-order chi connectivity index (χ0) is 39.0. The third-order valence-corrected chi connectivity index (χ3v) is 13.1. The monoisotopic (exact) mass is 741 g/mol. The average molecular weight is 742 g/mol. The van der Waals surface area contributed by atoms with E-state index in [0.29, 0.717) is 0 Å². The molecule has 2 aliphatic carbocycles. The van der Waals surface area contributed by atoms with Gasteiger partial charge < -0.3 is 4.90 Å². The van der Waals surface area contributed by atoms with E-state index in [9.17, 15) is 0 Å². The van der Waals surface area contributed by atoms with Crippen molar-refractivity contribution in [3.8, 4) is 44.5 Å². The third-order valence-electron chi connectivity index (χ3n) is 13.1. The first kappa shape index (κ1) is 34.3. The molecule has 0 spiro atoms. The molecule has 276 valence electrons. The minimum Gasteiger partial charge on any atom is -0.309 e. The lowest BCUT2D eigenvalue weighted by atomic mass is 9.74. The molecule has 0 fully saturated rings. The minimum atomic E-state index is -0.342. The molecule has 1 nitrogen and oxygen atoms in total. The van der Waals surface area contributed by atoms with Crippen LogP contribution in [0.2, 0.25) is 0 Å². The van der Waals surface area contributed by atoms with Crippen LogP contribution >= 0.6 is 0 Å². The van der Waals surface area contributed by atoms with Gasteiger partial charge in [0.15, 0.2) is 0 Å². The first-order valence-electron chi connectivity index (χ1n) is 20.4. The lowest BCUT2D eigenvalue weighted by Crippen LogP contribution is -2.23. The summed E-state index contributed by atoms with van der Waals surface area (Å²) in [5, 5.41) is 2.42. The van der Waals surface area contributed by atoms with Crippen LogP contribution in [0.4, 0.5) is 17.1 Å². The number of rotatable bonds is 6. The van der Waals surface area contributed by atoms with E-state index in [4.69, 9.17) is 0 Å². The van der Waals surface area contributed by atoms with Crippen molar-refractivity contribution in [3.63, 3.8) is 0 Å². The second-order valence-electron chi connectivity index (χ2n) is 16.6. The van der Waals surface area contributed by atoms with Crippen LogP contribution in [0.25, 0.3) is 55.3 Å². The number of benzene rings is 9. The van der Waals surface area contributed by atoms with Gasteiger partial charge in [0.25, 0.3) is 0 Å². The summed E-state index contributed by atoms with van der Waals surface area (Å²) in [6.45, 7) is 7.19. The van der Waals surface area contributed by atoms with Gasteiger partial charge in [0.2, 0.25) is 0 Å². The van der Waals surface area contributed by atoms with Crippen molar-refractivity contribution in [2.45, 2.75) is 31.6 Å². The fourth-order valence-electron chi connectivity index (χ4n) is 10.4. The molecule has 9 aromatic rings. The summed E-state index contributed by atoms with van der Waals surface area (Å²) in [6.07, 6.45) is 0. The molecule has 0 aromatic heterocycles. The molecule has 0 aliphatic heterocycles. The van der Waals surface area contributed by atoms with Crippen molar-refractivity contribution < 1.29 is 0 Å². The van der Waals surface area contributed by atoms with Crippen molar-refractivity contribution in [1.29, 1.82) is 0 Å². The van der Waals surface area contributed by atoms with E-state index in [-0.39, 0.29) is 10.8 Å². The molecule has 58 heavy (non-hydrogen) atoms. The Hall–Kier alpha value is -6.96. The molecule has 1 heteroatoms. The van der Waals surface area contributed by atoms with E-state index in [2.05, 4.69) is 232 Å². The van der Waals surface area contributed by atoms with Gasteiger partial charge in [-0.2, -0.15) is 0 Å². The second-order valence-corrected chi connectivity index (χ2v) is 16.6. The van der Waals surface area contributed by atoms with Gasteiger partial charge in [-0.05, 0) is 91.7 Å². The quantitative estimate of drug-likeness (QED) is 0.164. The van der Waals surface area contributed by atoms with Gasteiger partial charge in [0, 0.05) is 33.0 Å². The molecule has 0 saturated carbocycles. The van der Waals surface area contributed by atoms with Crippen LogP contribution in [0.1, 0.15) is 48.6 Å². The molecule has 11 rings (SSSR count). The molecule has 0 heterocycles. The Kier molecular flexibility index (Phi) is 7.72. The molecule has 0 N–H and O–H groups in total. The number of para-hydroxylation sites is 1. The van der Waals surface area contributed by atoms with E-state index in [1.165, 1.54) is 88.8 Å². The molecule has 0 bridgehead atoms.